The number of nitrogens with zero attached hydrogens (tertiary/aromatic N) is 2. The monoisotopic (exact) mass is 362 g/mol. The zero-order valence-electron chi connectivity index (χ0n) is 11.8. The highest BCUT2D eigenvalue weighted by Crippen LogP contribution is 2.18. The summed E-state index contributed by atoms with van der Waals surface area (Å²) in [7, 11) is 0. The van der Waals surface area contributed by atoms with E-state index in [-0.39, 0.29) is 12.0 Å². The first kappa shape index (κ1) is 14.8. The molecule has 114 valence electrons. The van der Waals surface area contributed by atoms with Crippen LogP contribution < -0.4 is 4.74 Å². The van der Waals surface area contributed by atoms with Gasteiger partial charge < -0.3 is 14.1 Å². The molecule has 0 saturated carbocycles. The molecule has 1 saturated heterocycles. The Kier molecular flexibility index (Phi) is 4.58. The van der Waals surface area contributed by atoms with Gasteiger partial charge in [0.05, 0.1) is 12.8 Å². The fourth-order valence-electron chi connectivity index (χ4n) is 2.27. The van der Waals surface area contributed by atoms with Crippen molar-refractivity contribution in [3.8, 4) is 5.88 Å². The smallest absolute Gasteiger partial charge is 0.246 e. The molecule has 1 aliphatic rings. The van der Waals surface area contributed by atoms with Crippen LogP contribution in [0.25, 0.3) is 6.08 Å². The van der Waals surface area contributed by atoms with Crippen LogP contribution in [0.5, 0.6) is 5.88 Å². The molecular formula is C16H15BrN2O3. The number of halogens is 1. The number of carbonyl (C=O) groups is 1. The normalized spacial score (nSPS) is 18.0. The zero-order chi connectivity index (χ0) is 15.4. The average molecular weight is 363 g/mol. The highest BCUT2D eigenvalue weighted by molar-refractivity contribution is 9.10. The van der Waals surface area contributed by atoms with Crippen LogP contribution in [0.15, 0.2) is 51.7 Å². The van der Waals surface area contributed by atoms with Gasteiger partial charge in [-0.3, -0.25) is 4.79 Å². The van der Waals surface area contributed by atoms with Gasteiger partial charge in [-0.2, -0.15) is 0 Å². The fraction of sp³-hybridized carbons (Fsp3) is 0.250. The van der Waals surface area contributed by atoms with Gasteiger partial charge in [-0.1, -0.05) is 0 Å². The average Bonchev–Trinajstić information content (AvgIpc) is 3.19. The Hall–Kier alpha value is -2.08. The van der Waals surface area contributed by atoms with E-state index in [1.54, 1.807) is 35.6 Å². The number of likely N-dealkylation sites (tertiary alicyclic amines) is 1. The first-order valence-corrected chi connectivity index (χ1v) is 7.79. The van der Waals surface area contributed by atoms with E-state index in [4.69, 9.17) is 9.15 Å². The minimum Gasteiger partial charge on any atom is -0.472 e. The van der Waals surface area contributed by atoms with Gasteiger partial charge >= 0.3 is 0 Å². The number of hydrogen-bond acceptors (Lipinski definition) is 4. The second kappa shape index (κ2) is 6.79. The van der Waals surface area contributed by atoms with Crippen molar-refractivity contribution >= 4 is 27.9 Å². The zero-order valence-corrected chi connectivity index (χ0v) is 13.4. The summed E-state index contributed by atoms with van der Waals surface area (Å²) in [5.41, 5.74) is 0. The second-order valence-corrected chi connectivity index (χ2v) is 5.89. The van der Waals surface area contributed by atoms with Crippen molar-refractivity contribution in [2.45, 2.75) is 12.5 Å². The van der Waals surface area contributed by atoms with Crippen LogP contribution >= 0.6 is 15.9 Å². The lowest BCUT2D eigenvalue weighted by atomic mass is 10.3. The summed E-state index contributed by atoms with van der Waals surface area (Å²) in [6.45, 7) is 1.25. The molecule has 3 rings (SSSR count). The van der Waals surface area contributed by atoms with E-state index in [1.807, 2.05) is 12.1 Å². The van der Waals surface area contributed by atoms with Crippen molar-refractivity contribution in [2.75, 3.05) is 13.1 Å². The van der Waals surface area contributed by atoms with E-state index in [0.717, 1.165) is 10.9 Å². The van der Waals surface area contributed by atoms with Crippen LogP contribution in [-0.2, 0) is 4.79 Å². The van der Waals surface area contributed by atoms with Crippen LogP contribution in [0.2, 0.25) is 0 Å². The standard InChI is InChI=1S/C16H15BrN2O3/c17-12-3-5-15(18-10-12)22-14-7-8-19(11-14)16(20)6-4-13-2-1-9-21-13/h1-6,9-10,14H,7-8,11H2/b6-4+. The summed E-state index contributed by atoms with van der Waals surface area (Å²) in [5, 5.41) is 0. The number of rotatable bonds is 4. The molecule has 0 bridgehead atoms. The third kappa shape index (κ3) is 3.76. The quantitative estimate of drug-likeness (QED) is 0.784. The van der Waals surface area contributed by atoms with Gasteiger partial charge in [0, 0.05) is 35.8 Å². The molecule has 0 N–H and O–H groups in total. The number of aromatic nitrogens is 1. The van der Waals surface area contributed by atoms with Crippen LogP contribution in [0.1, 0.15) is 12.2 Å². The number of pyridine rings is 1. The predicted molar refractivity (Wildman–Crippen MR) is 85.3 cm³/mol. The summed E-state index contributed by atoms with van der Waals surface area (Å²) in [6.07, 6.45) is 7.26. The molecule has 1 atom stereocenters. The molecule has 1 aliphatic heterocycles. The first-order valence-electron chi connectivity index (χ1n) is 6.99. The van der Waals surface area contributed by atoms with E-state index in [1.165, 1.54) is 6.08 Å². The fourth-order valence-corrected chi connectivity index (χ4v) is 2.51. The predicted octanol–water partition coefficient (Wildman–Crippen LogP) is 3.13. The number of ether oxygens (including phenoxy) is 1. The number of amides is 1. The Morgan fingerprint density at radius 3 is 3.09 bits per heavy atom. The van der Waals surface area contributed by atoms with Gasteiger partial charge in [-0.05, 0) is 40.2 Å². The summed E-state index contributed by atoms with van der Waals surface area (Å²) in [6, 6.07) is 7.28. The van der Waals surface area contributed by atoms with Crippen LogP contribution in [0.4, 0.5) is 0 Å². The first-order chi connectivity index (χ1) is 10.7. The van der Waals surface area contributed by atoms with E-state index in [0.29, 0.717) is 24.7 Å². The van der Waals surface area contributed by atoms with Gasteiger partial charge in [0.1, 0.15) is 11.9 Å². The highest BCUT2D eigenvalue weighted by Gasteiger charge is 2.26. The Morgan fingerprint density at radius 1 is 1.45 bits per heavy atom. The van der Waals surface area contributed by atoms with Crippen molar-refractivity contribution in [1.29, 1.82) is 0 Å². The topological polar surface area (TPSA) is 55.6 Å². The molecule has 0 spiro atoms. The Morgan fingerprint density at radius 2 is 2.36 bits per heavy atom. The molecule has 6 heteroatoms. The Balaban J connectivity index is 1.53. The SMILES string of the molecule is O=C(/C=C/c1ccco1)N1CCC(Oc2ccc(Br)cn2)C1. The largest absolute Gasteiger partial charge is 0.472 e. The Bertz CT molecular complexity index is 653. The third-order valence-electron chi connectivity index (χ3n) is 3.38. The van der Waals surface area contributed by atoms with E-state index < -0.39 is 0 Å². The van der Waals surface area contributed by atoms with E-state index in [9.17, 15) is 4.79 Å². The van der Waals surface area contributed by atoms with Gasteiger partial charge in [0.25, 0.3) is 0 Å². The molecule has 3 heterocycles. The number of hydrogen-bond donors (Lipinski definition) is 0. The molecule has 22 heavy (non-hydrogen) atoms. The van der Waals surface area contributed by atoms with Crippen LogP contribution in [-0.4, -0.2) is 35.0 Å². The lowest BCUT2D eigenvalue weighted by molar-refractivity contribution is -0.125. The molecule has 2 aromatic heterocycles. The minimum atomic E-state index is -0.0359. The van der Waals surface area contributed by atoms with Crippen molar-refractivity contribution in [3.63, 3.8) is 0 Å². The molecule has 1 unspecified atom stereocenters. The van der Waals surface area contributed by atoms with Crippen LogP contribution in [0, 0.1) is 0 Å². The van der Waals surface area contributed by atoms with Gasteiger partial charge in [0.2, 0.25) is 11.8 Å². The maximum atomic E-state index is 12.1. The molecule has 0 aliphatic carbocycles. The molecule has 1 fully saturated rings. The van der Waals surface area contributed by atoms with Gasteiger partial charge in [0.15, 0.2) is 0 Å². The second-order valence-electron chi connectivity index (χ2n) is 4.98. The van der Waals surface area contributed by atoms with Gasteiger partial charge in [-0.25, -0.2) is 4.98 Å². The van der Waals surface area contributed by atoms with Crippen molar-refractivity contribution in [3.05, 3.63) is 53.0 Å². The molecular weight excluding hydrogens is 348 g/mol. The Labute approximate surface area is 136 Å². The molecule has 5 nitrogen and oxygen atoms in total. The van der Waals surface area contributed by atoms with E-state index in [2.05, 4.69) is 20.9 Å². The maximum absolute atomic E-state index is 12.1. The maximum Gasteiger partial charge on any atom is 0.246 e. The highest BCUT2D eigenvalue weighted by atomic mass is 79.9. The molecule has 0 radical (unpaired) electrons. The van der Waals surface area contributed by atoms with Gasteiger partial charge in [-0.15, -0.1) is 0 Å². The third-order valence-corrected chi connectivity index (χ3v) is 3.85. The number of furan rings is 1. The summed E-state index contributed by atoms with van der Waals surface area (Å²) < 4.78 is 11.9. The minimum absolute atomic E-state index is 0.0189. The molecule has 2 aromatic rings. The van der Waals surface area contributed by atoms with Crippen molar-refractivity contribution in [2.24, 2.45) is 0 Å². The molecule has 0 aromatic carbocycles. The lowest BCUT2D eigenvalue weighted by Gasteiger charge is -2.15. The van der Waals surface area contributed by atoms with Crippen molar-refractivity contribution < 1.29 is 13.9 Å². The summed E-state index contributed by atoms with van der Waals surface area (Å²) in [5.74, 6) is 1.21. The van der Waals surface area contributed by atoms with Crippen LogP contribution in [0.3, 0.4) is 0 Å². The molecule has 1 amide bonds. The number of carbonyl (C=O) groups excluding carboxylic acids is 1. The lowest BCUT2D eigenvalue weighted by Crippen LogP contribution is -2.29. The summed E-state index contributed by atoms with van der Waals surface area (Å²) in [4.78, 5) is 18.1. The summed E-state index contributed by atoms with van der Waals surface area (Å²) >= 11 is 3.33. The van der Waals surface area contributed by atoms with Crippen molar-refractivity contribution in [1.82, 2.24) is 9.88 Å². The van der Waals surface area contributed by atoms with E-state index >= 15 is 0 Å².